The highest BCUT2D eigenvalue weighted by molar-refractivity contribution is 6.31. The Bertz CT molecular complexity index is 343. The van der Waals surface area contributed by atoms with Crippen LogP contribution in [-0.4, -0.2) is 31.5 Å². The molecule has 0 fully saturated rings. The van der Waals surface area contributed by atoms with Crippen LogP contribution in [0.2, 0.25) is 5.02 Å². The van der Waals surface area contributed by atoms with Crippen molar-refractivity contribution in [3.63, 3.8) is 0 Å². The Kier molecular flexibility index (Phi) is 6.44. The van der Waals surface area contributed by atoms with Crippen LogP contribution in [-0.2, 0) is 11.3 Å². The summed E-state index contributed by atoms with van der Waals surface area (Å²) in [6.07, 6.45) is 0.584. The van der Waals surface area contributed by atoms with E-state index < -0.39 is 5.82 Å². The zero-order chi connectivity index (χ0) is 12.7. The van der Waals surface area contributed by atoms with E-state index in [9.17, 15) is 4.39 Å². The van der Waals surface area contributed by atoms with Crippen LogP contribution in [0, 0.1) is 5.82 Å². The molecular weight excluding hydrogens is 245 g/mol. The first-order chi connectivity index (χ1) is 8.19. The van der Waals surface area contributed by atoms with Crippen molar-refractivity contribution in [2.45, 2.75) is 19.0 Å². The van der Waals surface area contributed by atoms with Gasteiger partial charge in [0.1, 0.15) is 5.82 Å². The fourth-order valence-corrected chi connectivity index (χ4v) is 1.73. The molecule has 0 radical (unpaired) electrons. The number of ether oxygens (including phenoxy) is 1. The van der Waals surface area contributed by atoms with Gasteiger partial charge in [-0.05, 0) is 18.1 Å². The van der Waals surface area contributed by atoms with E-state index in [-0.39, 0.29) is 17.7 Å². The van der Waals surface area contributed by atoms with E-state index >= 15 is 0 Å². The summed E-state index contributed by atoms with van der Waals surface area (Å²) in [5.74, 6) is -0.420. The van der Waals surface area contributed by atoms with E-state index in [0.29, 0.717) is 25.1 Å². The molecule has 3 nitrogen and oxygen atoms in total. The van der Waals surface area contributed by atoms with E-state index in [4.69, 9.17) is 21.4 Å². The van der Waals surface area contributed by atoms with Gasteiger partial charge in [0.15, 0.2) is 0 Å². The molecule has 17 heavy (non-hydrogen) atoms. The lowest BCUT2D eigenvalue weighted by Crippen LogP contribution is -2.33. The highest BCUT2D eigenvalue weighted by Crippen LogP contribution is 2.19. The molecule has 1 atom stereocenters. The number of halogens is 2. The Hall–Kier alpha value is -0.680. The first kappa shape index (κ1) is 14.4. The molecule has 0 saturated carbocycles. The Morgan fingerprint density at radius 2 is 2.29 bits per heavy atom. The monoisotopic (exact) mass is 261 g/mol. The number of rotatable bonds is 7. The van der Waals surface area contributed by atoms with E-state index in [0.717, 1.165) is 0 Å². The van der Waals surface area contributed by atoms with Gasteiger partial charge in [-0.1, -0.05) is 23.7 Å². The van der Waals surface area contributed by atoms with E-state index in [1.165, 1.54) is 6.07 Å². The molecule has 96 valence electrons. The number of aliphatic hydroxyl groups excluding tert-OH is 1. The fourth-order valence-electron chi connectivity index (χ4n) is 1.54. The summed E-state index contributed by atoms with van der Waals surface area (Å²) >= 11 is 5.84. The van der Waals surface area contributed by atoms with Crippen molar-refractivity contribution < 1.29 is 14.2 Å². The van der Waals surface area contributed by atoms with Crippen LogP contribution in [0.4, 0.5) is 4.39 Å². The third-order valence-electron chi connectivity index (χ3n) is 2.46. The van der Waals surface area contributed by atoms with Crippen LogP contribution in [0.5, 0.6) is 0 Å². The number of nitrogens with one attached hydrogen (secondary N) is 1. The van der Waals surface area contributed by atoms with Crippen LogP contribution in [0.3, 0.4) is 0 Å². The topological polar surface area (TPSA) is 41.5 Å². The summed E-state index contributed by atoms with van der Waals surface area (Å²) in [7, 11) is 1.60. The molecule has 1 rings (SSSR count). The van der Waals surface area contributed by atoms with Crippen molar-refractivity contribution in [1.29, 1.82) is 0 Å². The second kappa shape index (κ2) is 7.61. The molecule has 0 spiro atoms. The lowest BCUT2D eigenvalue weighted by atomic mass is 10.2. The summed E-state index contributed by atoms with van der Waals surface area (Å²) in [6, 6.07) is 4.74. The average molecular weight is 262 g/mol. The van der Waals surface area contributed by atoms with Crippen LogP contribution >= 0.6 is 11.6 Å². The molecule has 0 aromatic heterocycles. The number of hydrogen-bond acceptors (Lipinski definition) is 3. The molecule has 0 aliphatic rings. The predicted octanol–water partition coefficient (Wildman–Crippen LogP) is 1.97. The van der Waals surface area contributed by atoms with Crippen molar-refractivity contribution >= 4 is 11.6 Å². The first-order valence-electron chi connectivity index (χ1n) is 5.45. The highest BCUT2D eigenvalue weighted by atomic mass is 35.5. The zero-order valence-electron chi connectivity index (χ0n) is 9.75. The average Bonchev–Trinajstić information content (AvgIpc) is 2.31. The lowest BCUT2D eigenvalue weighted by Gasteiger charge is -2.17. The molecule has 0 heterocycles. The van der Waals surface area contributed by atoms with Gasteiger partial charge in [0.25, 0.3) is 0 Å². The minimum Gasteiger partial charge on any atom is -0.396 e. The molecule has 0 aliphatic heterocycles. The minimum atomic E-state index is -0.420. The molecule has 0 bridgehead atoms. The van der Waals surface area contributed by atoms with Gasteiger partial charge in [-0.15, -0.1) is 0 Å². The predicted molar refractivity (Wildman–Crippen MR) is 65.6 cm³/mol. The first-order valence-corrected chi connectivity index (χ1v) is 5.83. The Morgan fingerprint density at radius 1 is 1.53 bits per heavy atom. The maximum atomic E-state index is 13.2. The van der Waals surface area contributed by atoms with E-state index in [1.54, 1.807) is 19.2 Å². The second-order valence-electron chi connectivity index (χ2n) is 3.76. The molecule has 1 aromatic carbocycles. The summed E-state index contributed by atoms with van der Waals surface area (Å²) < 4.78 is 18.2. The molecule has 2 N–H and O–H groups in total. The van der Waals surface area contributed by atoms with Crippen LogP contribution in [0.25, 0.3) is 0 Å². The molecule has 0 saturated heterocycles. The van der Waals surface area contributed by atoms with Crippen molar-refractivity contribution in [2.75, 3.05) is 20.3 Å². The van der Waals surface area contributed by atoms with Gasteiger partial charge in [0, 0.05) is 26.3 Å². The van der Waals surface area contributed by atoms with Gasteiger partial charge in [-0.3, -0.25) is 0 Å². The third-order valence-corrected chi connectivity index (χ3v) is 2.88. The number of hydrogen-bond donors (Lipinski definition) is 2. The quantitative estimate of drug-likeness (QED) is 0.789. The SMILES string of the molecule is COCC(CCO)NCc1cccc(F)c1Cl. The Labute approximate surface area is 106 Å². The second-order valence-corrected chi connectivity index (χ2v) is 4.14. The maximum absolute atomic E-state index is 13.2. The van der Waals surface area contributed by atoms with Crippen LogP contribution in [0.1, 0.15) is 12.0 Å². The van der Waals surface area contributed by atoms with Crippen LogP contribution < -0.4 is 5.32 Å². The minimum absolute atomic E-state index is 0.0318. The lowest BCUT2D eigenvalue weighted by molar-refractivity contribution is 0.148. The van der Waals surface area contributed by atoms with E-state index in [2.05, 4.69) is 5.32 Å². The Balaban J connectivity index is 2.55. The van der Waals surface area contributed by atoms with Gasteiger partial charge in [-0.25, -0.2) is 4.39 Å². The summed E-state index contributed by atoms with van der Waals surface area (Å²) in [5.41, 5.74) is 0.700. The molecule has 0 aliphatic carbocycles. The highest BCUT2D eigenvalue weighted by Gasteiger charge is 2.10. The van der Waals surface area contributed by atoms with Gasteiger partial charge >= 0.3 is 0 Å². The number of aliphatic hydroxyl groups is 1. The largest absolute Gasteiger partial charge is 0.396 e. The standard InChI is InChI=1S/C12H17ClFNO2/c1-17-8-10(5-6-16)15-7-9-3-2-4-11(14)12(9)13/h2-4,10,15-16H,5-8H2,1H3. The molecule has 5 heteroatoms. The maximum Gasteiger partial charge on any atom is 0.142 e. The van der Waals surface area contributed by atoms with Crippen molar-refractivity contribution in [1.82, 2.24) is 5.32 Å². The van der Waals surface area contributed by atoms with Gasteiger partial charge < -0.3 is 15.2 Å². The summed E-state index contributed by atoms with van der Waals surface area (Å²) in [4.78, 5) is 0. The third kappa shape index (κ3) is 4.60. The smallest absolute Gasteiger partial charge is 0.142 e. The van der Waals surface area contributed by atoms with Crippen molar-refractivity contribution in [2.24, 2.45) is 0 Å². The normalized spacial score (nSPS) is 12.7. The van der Waals surface area contributed by atoms with Crippen molar-refractivity contribution in [3.05, 3.63) is 34.6 Å². The molecule has 1 unspecified atom stereocenters. The Morgan fingerprint density at radius 3 is 2.94 bits per heavy atom. The fraction of sp³-hybridized carbons (Fsp3) is 0.500. The number of methoxy groups -OCH3 is 1. The van der Waals surface area contributed by atoms with Gasteiger partial charge in [0.2, 0.25) is 0 Å². The number of benzene rings is 1. The zero-order valence-corrected chi connectivity index (χ0v) is 10.5. The van der Waals surface area contributed by atoms with Crippen LogP contribution in [0.15, 0.2) is 18.2 Å². The summed E-state index contributed by atoms with van der Waals surface area (Å²) in [5, 5.41) is 12.2. The van der Waals surface area contributed by atoms with Gasteiger partial charge in [-0.2, -0.15) is 0 Å². The molecular formula is C12H17ClFNO2. The van der Waals surface area contributed by atoms with Gasteiger partial charge in [0.05, 0.1) is 11.6 Å². The molecule has 1 aromatic rings. The molecule has 0 amide bonds. The van der Waals surface area contributed by atoms with Crippen molar-refractivity contribution in [3.8, 4) is 0 Å². The van der Waals surface area contributed by atoms with E-state index in [1.807, 2.05) is 0 Å². The summed E-state index contributed by atoms with van der Waals surface area (Å²) in [6.45, 7) is 1.02.